The number of aromatic nitrogens is 2. The maximum Gasteiger partial charge on any atom is 0.297 e. The van der Waals surface area contributed by atoms with Crippen LogP contribution in [0.2, 0.25) is 10.0 Å². The van der Waals surface area contributed by atoms with E-state index in [1.807, 2.05) is 11.0 Å². The summed E-state index contributed by atoms with van der Waals surface area (Å²) in [5, 5.41) is 17.1. The highest BCUT2D eigenvalue weighted by atomic mass is 35.5. The average molecular weight is 492 g/mol. The van der Waals surface area contributed by atoms with Crippen molar-refractivity contribution in [1.82, 2.24) is 10.1 Å². The number of nitrogens with two attached hydrogens (primary N) is 1. The molecule has 9 nitrogen and oxygen atoms in total. The topological polar surface area (TPSA) is 123 Å². The second kappa shape index (κ2) is 9.24. The lowest BCUT2D eigenvalue weighted by Gasteiger charge is -2.30. The van der Waals surface area contributed by atoms with Crippen LogP contribution in [0.15, 0.2) is 38.6 Å². The van der Waals surface area contributed by atoms with E-state index in [1.165, 1.54) is 6.26 Å². The number of anilines is 1. The van der Waals surface area contributed by atoms with Crippen LogP contribution in [0.1, 0.15) is 48.6 Å². The van der Waals surface area contributed by atoms with Gasteiger partial charge in [0.05, 0.1) is 22.8 Å². The van der Waals surface area contributed by atoms with Crippen LogP contribution in [0.3, 0.4) is 0 Å². The van der Waals surface area contributed by atoms with Gasteiger partial charge in [-0.3, -0.25) is 0 Å². The van der Waals surface area contributed by atoms with Crippen molar-refractivity contribution in [3.63, 3.8) is 0 Å². The molecule has 2 fully saturated rings. The second-order valence-corrected chi connectivity index (χ2v) is 9.06. The number of oxazole rings is 1. The molecule has 0 atom stereocenters. The van der Waals surface area contributed by atoms with Crippen LogP contribution >= 0.6 is 23.2 Å². The van der Waals surface area contributed by atoms with E-state index >= 15 is 0 Å². The zero-order chi connectivity index (χ0) is 22.9. The predicted octanol–water partition coefficient (Wildman–Crippen LogP) is 4.79. The fourth-order valence-electron chi connectivity index (χ4n) is 4.04. The van der Waals surface area contributed by atoms with Gasteiger partial charge in [0.1, 0.15) is 23.4 Å². The Bertz CT molecular complexity index is 1150. The number of nitrogens with zero attached hydrogens (tertiary/aromatic N) is 4. The Labute approximate surface area is 200 Å². The molecule has 3 heterocycles. The Balaban J connectivity index is 1.26. The minimum absolute atomic E-state index is 0.0660. The molecule has 0 spiro atoms. The lowest BCUT2D eigenvalue weighted by atomic mass is 10.0. The molecule has 0 bridgehead atoms. The van der Waals surface area contributed by atoms with Crippen LogP contribution < -0.4 is 10.6 Å². The molecule has 174 valence electrons. The Hall–Kier alpha value is -2.75. The molecular formula is C22H23Cl2N5O4. The zero-order valence-corrected chi connectivity index (χ0v) is 19.2. The highest BCUT2D eigenvalue weighted by molar-refractivity contribution is 6.39. The van der Waals surface area contributed by atoms with Crippen molar-refractivity contribution >= 4 is 35.1 Å². The van der Waals surface area contributed by atoms with E-state index < -0.39 is 0 Å². The van der Waals surface area contributed by atoms with Gasteiger partial charge in [0.2, 0.25) is 0 Å². The van der Waals surface area contributed by atoms with Gasteiger partial charge in [-0.2, -0.15) is 4.98 Å². The van der Waals surface area contributed by atoms with Crippen molar-refractivity contribution in [1.29, 1.82) is 0 Å². The summed E-state index contributed by atoms with van der Waals surface area (Å²) in [6, 6.07) is 5.84. The van der Waals surface area contributed by atoms with Crippen LogP contribution in [0, 0.1) is 0 Å². The van der Waals surface area contributed by atoms with Crippen molar-refractivity contribution < 1.29 is 18.9 Å². The molecule has 5 rings (SSSR count). The summed E-state index contributed by atoms with van der Waals surface area (Å²) in [5.41, 5.74) is 8.12. The van der Waals surface area contributed by atoms with E-state index in [0.717, 1.165) is 37.0 Å². The van der Waals surface area contributed by atoms with Crippen LogP contribution in [-0.2, 0) is 11.3 Å². The quantitative estimate of drug-likeness (QED) is 0.209. The maximum absolute atomic E-state index is 8.79. The van der Waals surface area contributed by atoms with E-state index in [0.29, 0.717) is 58.6 Å². The summed E-state index contributed by atoms with van der Waals surface area (Å²) >= 11 is 12.9. The number of amidine groups is 1. The molecule has 0 radical (unpaired) electrons. The van der Waals surface area contributed by atoms with Crippen molar-refractivity contribution in [3.8, 4) is 11.3 Å². The largest absolute Gasteiger partial charge is 0.431 e. The van der Waals surface area contributed by atoms with Gasteiger partial charge in [0, 0.05) is 30.1 Å². The van der Waals surface area contributed by atoms with E-state index in [1.54, 1.807) is 12.1 Å². The Morgan fingerprint density at radius 3 is 2.61 bits per heavy atom. The first-order valence-electron chi connectivity index (χ1n) is 10.8. The fourth-order valence-corrected chi connectivity index (χ4v) is 4.62. The van der Waals surface area contributed by atoms with Crippen LogP contribution in [0.4, 0.5) is 6.01 Å². The third kappa shape index (κ3) is 4.53. The van der Waals surface area contributed by atoms with Crippen molar-refractivity contribution in [2.75, 3.05) is 18.0 Å². The molecule has 0 unspecified atom stereocenters. The van der Waals surface area contributed by atoms with Gasteiger partial charge in [0.15, 0.2) is 5.84 Å². The zero-order valence-electron chi connectivity index (χ0n) is 17.7. The molecule has 3 aromatic rings. The van der Waals surface area contributed by atoms with Gasteiger partial charge in [-0.05, 0) is 37.8 Å². The van der Waals surface area contributed by atoms with Gasteiger partial charge in [-0.15, -0.1) is 0 Å². The Kier molecular flexibility index (Phi) is 6.18. The molecule has 1 aromatic carbocycles. The average Bonchev–Trinajstić information content (AvgIpc) is 3.39. The minimum atomic E-state index is -0.0853. The van der Waals surface area contributed by atoms with Crippen molar-refractivity contribution in [2.24, 2.45) is 10.9 Å². The highest BCUT2D eigenvalue weighted by Crippen LogP contribution is 2.46. The summed E-state index contributed by atoms with van der Waals surface area (Å²) in [5.74, 6) is 1.16. The van der Waals surface area contributed by atoms with Crippen LogP contribution in [-0.4, -0.2) is 40.4 Å². The van der Waals surface area contributed by atoms with Crippen LogP contribution in [0.25, 0.3) is 11.3 Å². The predicted molar refractivity (Wildman–Crippen MR) is 123 cm³/mol. The molecule has 11 heteroatoms. The summed E-state index contributed by atoms with van der Waals surface area (Å²) in [4.78, 5) is 6.28. The number of ether oxygens (including phenoxy) is 1. The fraction of sp³-hybridized carbons (Fsp3) is 0.409. The summed E-state index contributed by atoms with van der Waals surface area (Å²) < 4.78 is 17.5. The molecule has 1 saturated heterocycles. The molecule has 33 heavy (non-hydrogen) atoms. The lowest BCUT2D eigenvalue weighted by Crippen LogP contribution is -2.37. The van der Waals surface area contributed by atoms with Gasteiger partial charge in [-0.1, -0.05) is 39.6 Å². The number of piperidine rings is 1. The number of rotatable bonds is 7. The van der Waals surface area contributed by atoms with E-state index in [2.05, 4.69) is 15.3 Å². The molecule has 3 N–H and O–H groups in total. The Morgan fingerprint density at radius 2 is 1.94 bits per heavy atom. The minimum Gasteiger partial charge on any atom is -0.431 e. The van der Waals surface area contributed by atoms with E-state index in [-0.39, 0.29) is 11.9 Å². The lowest BCUT2D eigenvalue weighted by molar-refractivity contribution is 0.0241. The molecule has 1 aliphatic heterocycles. The molecule has 2 aliphatic rings. The van der Waals surface area contributed by atoms with Crippen molar-refractivity contribution in [3.05, 3.63) is 51.5 Å². The summed E-state index contributed by atoms with van der Waals surface area (Å²) in [7, 11) is 0. The standard InChI is InChI=1S/C22H23Cl2N5O4/c23-15-2-1-3-16(24)18(15)19-14(20(33-28-19)12-4-5-12)10-31-13-6-8-29(9-7-13)22-26-17(11-32-22)21(25)27-30/h1-3,11-13,30H,4-10H2,(H2,25,27). The van der Waals surface area contributed by atoms with Crippen molar-refractivity contribution in [2.45, 2.75) is 44.3 Å². The van der Waals surface area contributed by atoms with Gasteiger partial charge in [-0.25, -0.2) is 0 Å². The smallest absolute Gasteiger partial charge is 0.297 e. The Morgan fingerprint density at radius 1 is 1.21 bits per heavy atom. The normalized spacial score (nSPS) is 17.6. The van der Waals surface area contributed by atoms with Crippen LogP contribution in [0.5, 0.6) is 0 Å². The van der Waals surface area contributed by atoms with E-state index in [9.17, 15) is 0 Å². The number of hydrogen-bond acceptors (Lipinski definition) is 8. The van der Waals surface area contributed by atoms with E-state index in [4.69, 9.17) is 47.8 Å². The third-order valence-electron chi connectivity index (χ3n) is 6.00. The third-order valence-corrected chi connectivity index (χ3v) is 6.63. The molecule has 1 aliphatic carbocycles. The number of oxime groups is 1. The molecule has 2 aromatic heterocycles. The molecule has 0 amide bonds. The first-order chi connectivity index (χ1) is 16.0. The number of benzene rings is 1. The van der Waals surface area contributed by atoms with Gasteiger partial charge in [0.25, 0.3) is 6.01 Å². The molecular weight excluding hydrogens is 469 g/mol. The SMILES string of the molecule is N/C(=N\O)c1coc(N2CCC(OCc3c(-c4c(Cl)cccc4Cl)noc3C3CC3)CC2)n1. The second-order valence-electron chi connectivity index (χ2n) is 8.24. The number of hydrogen-bond donors (Lipinski definition) is 2. The number of halogens is 2. The maximum atomic E-state index is 8.79. The van der Waals surface area contributed by atoms with Gasteiger partial charge < -0.3 is 29.5 Å². The van der Waals surface area contributed by atoms with Gasteiger partial charge >= 0.3 is 0 Å². The highest BCUT2D eigenvalue weighted by Gasteiger charge is 2.34. The first kappa shape index (κ1) is 22.1. The summed E-state index contributed by atoms with van der Waals surface area (Å²) in [6.45, 7) is 1.80. The molecule has 1 saturated carbocycles. The summed E-state index contributed by atoms with van der Waals surface area (Å²) in [6.07, 6.45) is 5.21. The monoisotopic (exact) mass is 491 g/mol. The first-order valence-corrected chi connectivity index (χ1v) is 11.5.